The minimum Gasteiger partial charge on any atom is -0.376 e. The summed E-state index contributed by atoms with van der Waals surface area (Å²) in [5, 5.41) is 9.92. The number of fused-ring (bicyclic) bond motifs is 2. The first-order valence-electron chi connectivity index (χ1n) is 12.6. The molecule has 2 bridgehead atoms. The van der Waals surface area contributed by atoms with E-state index in [1.165, 1.54) is 23.9 Å². The van der Waals surface area contributed by atoms with E-state index in [0.717, 1.165) is 56.1 Å². The molecule has 3 unspecified atom stereocenters. The number of piperazine rings is 1. The summed E-state index contributed by atoms with van der Waals surface area (Å²) in [4.78, 5) is 8.75. The summed E-state index contributed by atoms with van der Waals surface area (Å²) in [6, 6.07) is 14.7. The zero-order valence-corrected chi connectivity index (χ0v) is 21.0. The van der Waals surface area contributed by atoms with Gasteiger partial charge in [-0.3, -0.25) is 14.8 Å². The molecular formula is C29H31F4N3O. The van der Waals surface area contributed by atoms with Crippen molar-refractivity contribution in [3.05, 3.63) is 89.0 Å². The van der Waals surface area contributed by atoms with Gasteiger partial charge >= 0.3 is 6.18 Å². The van der Waals surface area contributed by atoms with E-state index >= 15 is 0 Å². The predicted molar refractivity (Wildman–Crippen MR) is 134 cm³/mol. The Kier molecular flexibility index (Phi) is 6.85. The molecule has 1 N–H and O–H groups in total. The highest BCUT2D eigenvalue weighted by Gasteiger charge is 2.51. The van der Waals surface area contributed by atoms with Crippen molar-refractivity contribution in [2.45, 2.75) is 63.6 Å². The number of halogens is 4. The van der Waals surface area contributed by atoms with Gasteiger partial charge in [0, 0.05) is 50.0 Å². The SMILES string of the molecule is Cc1cc(CN2CC3CCC(C2)N3Cc2ccncc2F)ccc1-c1ccc(C(C)(O)C(F)(F)F)cc1. The summed E-state index contributed by atoms with van der Waals surface area (Å²) in [6.07, 6.45) is 0.404. The highest BCUT2D eigenvalue weighted by atomic mass is 19.4. The quantitative estimate of drug-likeness (QED) is 0.422. The van der Waals surface area contributed by atoms with Crippen LogP contribution in [0.25, 0.3) is 11.1 Å². The van der Waals surface area contributed by atoms with Gasteiger partial charge in [0.1, 0.15) is 5.82 Å². The summed E-state index contributed by atoms with van der Waals surface area (Å²) in [7, 11) is 0. The number of hydrogen-bond donors (Lipinski definition) is 1. The van der Waals surface area contributed by atoms with Gasteiger partial charge in [-0.15, -0.1) is 0 Å². The molecular weight excluding hydrogens is 482 g/mol. The molecule has 0 saturated carbocycles. The molecule has 0 amide bonds. The lowest BCUT2D eigenvalue weighted by Gasteiger charge is -2.41. The molecule has 37 heavy (non-hydrogen) atoms. The van der Waals surface area contributed by atoms with Gasteiger partial charge < -0.3 is 5.11 Å². The summed E-state index contributed by atoms with van der Waals surface area (Å²) >= 11 is 0. The maximum atomic E-state index is 14.1. The van der Waals surface area contributed by atoms with Crippen LogP contribution in [0.1, 0.15) is 42.0 Å². The van der Waals surface area contributed by atoms with Crippen molar-refractivity contribution >= 4 is 0 Å². The highest BCUT2D eigenvalue weighted by molar-refractivity contribution is 5.68. The Morgan fingerprint density at radius 1 is 0.973 bits per heavy atom. The van der Waals surface area contributed by atoms with E-state index in [2.05, 4.69) is 26.9 Å². The topological polar surface area (TPSA) is 39.6 Å². The Hall–Kier alpha value is -2.81. The first kappa shape index (κ1) is 25.8. The van der Waals surface area contributed by atoms with Gasteiger partial charge in [0.05, 0.1) is 6.20 Å². The minimum absolute atomic E-state index is 0.182. The predicted octanol–water partition coefficient (Wildman–Crippen LogP) is 5.81. The third-order valence-corrected chi connectivity index (χ3v) is 7.93. The maximum Gasteiger partial charge on any atom is 0.421 e. The van der Waals surface area contributed by atoms with Crippen LogP contribution in [0.3, 0.4) is 0 Å². The molecule has 5 rings (SSSR count). The number of aliphatic hydroxyl groups is 1. The third-order valence-electron chi connectivity index (χ3n) is 7.93. The normalized spacial score (nSPS) is 22.2. The molecule has 0 radical (unpaired) electrons. The fraction of sp³-hybridized carbons (Fsp3) is 0.414. The Morgan fingerprint density at radius 3 is 2.24 bits per heavy atom. The van der Waals surface area contributed by atoms with Crippen LogP contribution in [-0.4, -0.2) is 51.2 Å². The zero-order chi connectivity index (χ0) is 26.4. The van der Waals surface area contributed by atoms with Crippen LogP contribution in [0.15, 0.2) is 60.9 Å². The van der Waals surface area contributed by atoms with Gasteiger partial charge in [0.15, 0.2) is 5.60 Å². The van der Waals surface area contributed by atoms with Crippen molar-refractivity contribution < 1.29 is 22.7 Å². The van der Waals surface area contributed by atoms with Gasteiger partial charge in [-0.05, 0) is 60.6 Å². The lowest BCUT2D eigenvalue weighted by Crippen LogP contribution is -2.52. The van der Waals surface area contributed by atoms with Crippen molar-refractivity contribution in [1.82, 2.24) is 14.8 Å². The number of alkyl halides is 3. The Balaban J connectivity index is 1.24. The van der Waals surface area contributed by atoms with Crippen LogP contribution in [-0.2, 0) is 18.7 Å². The molecule has 3 aromatic rings. The Bertz CT molecular complexity index is 1240. The van der Waals surface area contributed by atoms with Crippen LogP contribution >= 0.6 is 0 Å². The minimum atomic E-state index is -4.74. The fourth-order valence-electron chi connectivity index (χ4n) is 5.74. The molecule has 2 aliphatic rings. The second-order valence-electron chi connectivity index (χ2n) is 10.5. The van der Waals surface area contributed by atoms with E-state index in [0.29, 0.717) is 24.2 Å². The van der Waals surface area contributed by atoms with Crippen LogP contribution in [0, 0.1) is 12.7 Å². The van der Waals surface area contributed by atoms with Crippen molar-refractivity contribution in [1.29, 1.82) is 0 Å². The summed E-state index contributed by atoms with van der Waals surface area (Å²) < 4.78 is 53.6. The van der Waals surface area contributed by atoms with E-state index in [1.54, 1.807) is 24.4 Å². The van der Waals surface area contributed by atoms with Crippen molar-refractivity contribution in [3.8, 4) is 11.1 Å². The maximum absolute atomic E-state index is 14.1. The first-order chi connectivity index (χ1) is 17.5. The zero-order valence-electron chi connectivity index (χ0n) is 21.0. The molecule has 2 aromatic carbocycles. The third kappa shape index (κ3) is 5.15. The number of nitrogens with zero attached hydrogens (tertiary/aromatic N) is 3. The molecule has 3 heterocycles. The van der Waals surface area contributed by atoms with E-state index in [1.807, 2.05) is 13.0 Å². The second kappa shape index (κ2) is 9.82. The number of pyridine rings is 1. The molecule has 196 valence electrons. The van der Waals surface area contributed by atoms with Crippen LogP contribution in [0.4, 0.5) is 17.6 Å². The Labute approximate surface area is 214 Å². The van der Waals surface area contributed by atoms with E-state index in [9.17, 15) is 22.7 Å². The molecule has 2 aliphatic heterocycles. The van der Waals surface area contributed by atoms with Crippen molar-refractivity contribution in [2.75, 3.05) is 13.1 Å². The number of likely N-dealkylation sites (tertiary alicyclic amines) is 1. The van der Waals surface area contributed by atoms with Crippen LogP contribution < -0.4 is 0 Å². The number of hydrogen-bond acceptors (Lipinski definition) is 4. The molecule has 8 heteroatoms. The van der Waals surface area contributed by atoms with E-state index < -0.39 is 11.8 Å². The first-order valence-corrected chi connectivity index (χ1v) is 12.6. The van der Waals surface area contributed by atoms with E-state index in [4.69, 9.17) is 0 Å². The number of aryl methyl sites for hydroxylation is 1. The highest BCUT2D eigenvalue weighted by Crippen LogP contribution is 2.39. The smallest absolute Gasteiger partial charge is 0.376 e. The fourth-order valence-corrected chi connectivity index (χ4v) is 5.74. The van der Waals surface area contributed by atoms with Crippen molar-refractivity contribution in [2.24, 2.45) is 0 Å². The number of aromatic nitrogens is 1. The van der Waals surface area contributed by atoms with Gasteiger partial charge in [0.25, 0.3) is 0 Å². The molecule has 0 aliphatic carbocycles. The van der Waals surface area contributed by atoms with Crippen LogP contribution in [0.2, 0.25) is 0 Å². The monoisotopic (exact) mass is 513 g/mol. The molecule has 3 atom stereocenters. The lowest BCUT2D eigenvalue weighted by molar-refractivity contribution is -0.258. The molecule has 4 nitrogen and oxygen atoms in total. The molecule has 1 aromatic heterocycles. The largest absolute Gasteiger partial charge is 0.421 e. The van der Waals surface area contributed by atoms with Crippen molar-refractivity contribution in [3.63, 3.8) is 0 Å². The summed E-state index contributed by atoms with van der Waals surface area (Å²) in [6.45, 7) is 6.08. The summed E-state index contributed by atoms with van der Waals surface area (Å²) in [5.74, 6) is -0.250. The molecule has 2 fully saturated rings. The standard InChI is InChI=1S/C29H31F4N3O/c1-19-13-20(3-10-26(19)21-4-6-23(7-5-21)28(2,37)29(31,32)33)15-35-17-24-8-9-25(18-35)36(24)16-22-11-12-34-14-27(22)30/h3-7,10-14,24-25,37H,8-9,15-18H2,1-2H3. The lowest BCUT2D eigenvalue weighted by atomic mass is 9.92. The van der Waals surface area contributed by atoms with Gasteiger partial charge in [-0.25, -0.2) is 4.39 Å². The molecule has 0 spiro atoms. The van der Waals surface area contributed by atoms with Gasteiger partial charge in [-0.1, -0.05) is 42.5 Å². The molecule has 2 saturated heterocycles. The average Bonchev–Trinajstić information content (AvgIpc) is 3.07. The van der Waals surface area contributed by atoms with Crippen LogP contribution in [0.5, 0.6) is 0 Å². The van der Waals surface area contributed by atoms with E-state index in [-0.39, 0.29) is 11.4 Å². The average molecular weight is 514 g/mol. The second-order valence-corrected chi connectivity index (χ2v) is 10.5. The number of benzene rings is 2. The van der Waals surface area contributed by atoms with Gasteiger partial charge in [0.2, 0.25) is 0 Å². The van der Waals surface area contributed by atoms with Gasteiger partial charge in [-0.2, -0.15) is 13.2 Å². The Morgan fingerprint density at radius 2 is 1.65 bits per heavy atom. The number of rotatable bonds is 6. The summed E-state index contributed by atoms with van der Waals surface area (Å²) in [5.41, 5.74) is 1.61.